The van der Waals surface area contributed by atoms with Crippen molar-refractivity contribution in [1.82, 2.24) is 5.32 Å². The number of halogens is 1. The van der Waals surface area contributed by atoms with Crippen molar-refractivity contribution in [2.75, 3.05) is 70.6 Å². The van der Waals surface area contributed by atoms with Crippen LogP contribution in [0.5, 0.6) is 11.5 Å². The first-order valence-corrected chi connectivity index (χ1v) is 10.7. The minimum Gasteiger partial charge on any atom is -0.490 e. The fourth-order valence-corrected chi connectivity index (χ4v) is 2.70. The molecule has 1 aromatic rings. The molecule has 160 valence electrons. The molecule has 1 aliphatic heterocycles. The third kappa shape index (κ3) is 10.0. The van der Waals surface area contributed by atoms with E-state index in [-0.39, 0.29) is 24.0 Å². The number of rotatable bonds is 11. The number of ether oxygens (including phenoxy) is 4. The van der Waals surface area contributed by atoms with Gasteiger partial charge < -0.3 is 29.6 Å². The standard InChI is InChI=1S/C19H31N3O4S.HI/c1-23-12-13-24-9-3-7-20-19(21-8-14-27-2)22-16-5-6-17-18(15-16)26-11-4-10-25-17;/h5-6,15H,3-4,7-14H2,1-2H3,(H2,20,21,22);1H. The number of aliphatic imine (C=N–C) groups is 1. The predicted octanol–water partition coefficient (Wildman–Crippen LogP) is 3.24. The smallest absolute Gasteiger partial charge is 0.195 e. The summed E-state index contributed by atoms with van der Waals surface area (Å²) in [5, 5.41) is 6.71. The number of methoxy groups -OCH3 is 1. The second kappa shape index (κ2) is 15.9. The first-order chi connectivity index (χ1) is 13.3. The molecule has 0 radical (unpaired) electrons. The third-order valence-corrected chi connectivity index (χ3v) is 4.37. The minimum absolute atomic E-state index is 0. The molecule has 0 saturated carbocycles. The Morgan fingerprint density at radius 1 is 1.18 bits per heavy atom. The molecule has 0 amide bonds. The van der Waals surface area contributed by atoms with Gasteiger partial charge in [-0.25, -0.2) is 0 Å². The van der Waals surface area contributed by atoms with E-state index in [1.54, 1.807) is 18.9 Å². The Morgan fingerprint density at radius 2 is 2.00 bits per heavy atom. The molecule has 9 heteroatoms. The van der Waals surface area contributed by atoms with Crippen LogP contribution in [0.2, 0.25) is 0 Å². The normalized spacial score (nSPS) is 13.4. The highest BCUT2D eigenvalue weighted by atomic mass is 127. The van der Waals surface area contributed by atoms with Crippen LogP contribution in [0.1, 0.15) is 12.8 Å². The van der Waals surface area contributed by atoms with Gasteiger partial charge in [-0.1, -0.05) is 0 Å². The van der Waals surface area contributed by atoms with Gasteiger partial charge >= 0.3 is 0 Å². The van der Waals surface area contributed by atoms with Crippen LogP contribution >= 0.6 is 35.7 Å². The summed E-state index contributed by atoms with van der Waals surface area (Å²) in [5.41, 5.74) is 0.922. The molecule has 0 atom stereocenters. The zero-order chi connectivity index (χ0) is 19.2. The van der Waals surface area contributed by atoms with Crippen LogP contribution in [-0.4, -0.2) is 71.2 Å². The van der Waals surface area contributed by atoms with E-state index in [1.807, 2.05) is 18.2 Å². The maximum atomic E-state index is 5.76. The van der Waals surface area contributed by atoms with E-state index in [1.165, 1.54) is 0 Å². The number of hydrogen-bond acceptors (Lipinski definition) is 6. The predicted molar refractivity (Wildman–Crippen MR) is 127 cm³/mol. The molecule has 1 aromatic carbocycles. The largest absolute Gasteiger partial charge is 0.490 e. The van der Waals surface area contributed by atoms with Gasteiger partial charge in [0.25, 0.3) is 0 Å². The SMILES string of the molecule is COCCOCCCN=C(NCCSC)Nc1ccc2c(c1)OCCCO2.I. The number of nitrogens with one attached hydrogen (secondary N) is 2. The second-order valence-corrected chi connectivity index (χ2v) is 6.93. The number of guanidine groups is 1. The molecular weight excluding hydrogens is 493 g/mol. The summed E-state index contributed by atoms with van der Waals surface area (Å²) >= 11 is 1.80. The molecule has 1 aliphatic rings. The summed E-state index contributed by atoms with van der Waals surface area (Å²) in [4.78, 5) is 4.64. The van der Waals surface area contributed by atoms with Crippen molar-refractivity contribution in [2.45, 2.75) is 12.8 Å². The van der Waals surface area contributed by atoms with Gasteiger partial charge in [-0.3, -0.25) is 4.99 Å². The fraction of sp³-hybridized carbons (Fsp3) is 0.632. The molecule has 1 heterocycles. The number of nitrogens with zero attached hydrogens (tertiary/aromatic N) is 1. The lowest BCUT2D eigenvalue weighted by Crippen LogP contribution is -2.32. The molecular formula is C19H32IN3O4S. The quantitative estimate of drug-likeness (QED) is 0.199. The number of hydrogen-bond donors (Lipinski definition) is 2. The van der Waals surface area contributed by atoms with E-state index >= 15 is 0 Å². The van der Waals surface area contributed by atoms with E-state index in [4.69, 9.17) is 18.9 Å². The zero-order valence-electron chi connectivity index (χ0n) is 16.7. The van der Waals surface area contributed by atoms with Gasteiger partial charge in [-0.15, -0.1) is 24.0 Å². The fourth-order valence-electron chi connectivity index (χ4n) is 2.39. The van der Waals surface area contributed by atoms with Crippen molar-refractivity contribution in [2.24, 2.45) is 4.99 Å². The van der Waals surface area contributed by atoms with Crippen LogP contribution in [0, 0.1) is 0 Å². The molecule has 2 rings (SSSR count). The Hall–Kier alpha value is -0.910. The van der Waals surface area contributed by atoms with Gasteiger partial charge in [0.1, 0.15) is 0 Å². The Morgan fingerprint density at radius 3 is 2.79 bits per heavy atom. The summed E-state index contributed by atoms with van der Waals surface area (Å²) in [6.45, 7) is 4.82. The Bertz CT molecular complexity index is 578. The Balaban J connectivity index is 0.00000392. The van der Waals surface area contributed by atoms with Crippen LogP contribution in [0.3, 0.4) is 0 Å². The molecule has 7 nitrogen and oxygen atoms in total. The highest BCUT2D eigenvalue weighted by Gasteiger charge is 2.11. The van der Waals surface area contributed by atoms with Crippen LogP contribution in [0.15, 0.2) is 23.2 Å². The molecule has 0 fully saturated rings. The monoisotopic (exact) mass is 525 g/mol. The van der Waals surface area contributed by atoms with Gasteiger partial charge in [-0.05, 0) is 24.8 Å². The molecule has 0 bridgehead atoms. The summed E-state index contributed by atoms with van der Waals surface area (Å²) in [5.74, 6) is 3.34. The maximum Gasteiger partial charge on any atom is 0.195 e. The molecule has 0 saturated heterocycles. The van der Waals surface area contributed by atoms with Gasteiger partial charge in [0.2, 0.25) is 0 Å². The number of benzene rings is 1. The van der Waals surface area contributed by atoms with Crippen molar-refractivity contribution in [3.63, 3.8) is 0 Å². The average Bonchev–Trinajstić information content (AvgIpc) is 2.92. The molecule has 0 unspecified atom stereocenters. The number of thioether (sulfide) groups is 1. The van der Waals surface area contributed by atoms with Crippen LogP contribution in [-0.2, 0) is 9.47 Å². The van der Waals surface area contributed by atoms with Crippen molar-refractivity contribution in [1.29, 1.82) is 0 Å². The van der Waals surface area contributed by atoms with Gasteiger partial charge in [-0.2, -0.15) is 11.8 Å². The van der Waals surface area contributed by atoms with E-state index in [0.29, 0.717) is 39.6 Å². The van der Waals surface area contributed by atoms with Crippen molar-refractivity contribution in [3.05, 3.63) is 18.2 Å². The summed E-state index contributed by atoms with van der Waals surface area (Å²) in [6, 6.07) is 5.87. The molecule has 0 aromatic heterocycles. The van der Waals surface area contributed by atoms with Gasteiger partial charge in [0.15, 0.2) is 17.5 Å². The topological polar surface area (TPSA) is 73.3 Å². The van der Waals surface area contributed by atoms with E-state index in [2.05, 4.69) is 21.9 Å². The van der Waals surface area contributed by atoms with Crippen molar-refractivity contribution >= 4 is 47.4 Å². The van der Waals surface area contributed by atoms with E-state index in [0.717, 1.165) is 48.3 Å². The van der Waals surface area contributed by atoms with Gasteiger partial charge in [0, 0.05) is 50.7 Å². The summed E-state index contributed by atoms with van der Waals surface area (Å²) in [6.07, 6.45) is 3.85. The summed E-state index contributed by atoms with van der Waals surface area (Å²) in [7, 11) is 1.67. The second-order valence-electron chi connectivity index (χ2n) is 5.95. The van der Waals surface area contributed by atoms with Crippen LogP contribution < -0.4 is 20.1 Å². The van der Waals surface area contributed by atoms with Crippen LogP contribution in [0.4, 0.5) is 5.69 Å². The maximum absolute atomic E-state index is 5.76. The van der Waals surface area contributed by atoms with Crippen molar-refractivity contribution < 1.29 is 18.9 Å². The highest BCUT2D eigenvalue weighted by Crippen LogP contribution is 2.32. The molecule has 0 aliphatic carbocycles. The van der Waals surface area contributed by atoms with E-state index in [9.17, 15) is 0 Å². The third-order valence-electron chi connectivity index (χ3n) is 3.76. The lowest BCUT2D eigenvalue weighted by Gasteiger charge is -2.14. The summed E-state index contributed by atoms with van der Waals surface area (Å²) < 4.78 is 21.9. The number of anilines is 1. The number of fused-ring (bicyclic) bond motifs is 1. The zero-order valence-corrected chi connectivity index (χ0v) is 19.8. The first-order valence-electron chi connectivity index (χ1n) is 9.34. The Kier molecular flexibility index (Phi) is 14.3. The van der Waals surface area contributed by atoms with Gasteiger partial charge in [0.05, 0.1) is 26.4 Å². The lowest BCUT2D eigenvalue weighted by molar-refractivity contribution is 0.0702. The van der Waals surface area contributed by atoms with E-state index < -0.39 is 0 Å². The minimum atomic E-state index is 0. The first kappa shape index (κ1) is 25.1. The highest BCUT2D eigenvalue weighted by molar-refractivity contribution is 14.0. The molecule has 28 heavy (non-hydrogen) atoms. The molecule has 0 spiro atoms. The lowest BCUT2D eigenvalue weighted by atomic mass is 10.3. The Labute approximate surface area is 189 Å². The molecule has 2 N–H and O–H groups in total. The average molecular weight is 525 g/mol. The van der Waals surface area contributed by atoms with Crippen molar-refractivity contribution in [3.8, 4) is 11.5 Å². The van der Waals surface area contributed by atoms with Crippen LogP contribution in [0.25, 0.3) is 0 Å².